The Morgan fingerprint density at radius 2 is 1.55 bits per heavy atom. The summed E-state index contributed by atoms with van der Waals surface area (Å²) >= 11 is 3.37. The molecule has 0 aliphatic carbocycles. The number of benzene rings is 1. The third-order valence-corrected chi connectivity index (χ3v) is 3.52. The Hall–Kier alpha value is -1.44. The highest BCUT2D eigenvalue weighted by atomic mass is 79.9. The number of nitrogens with two attached hydrogens (primary N) is 4. The van der Waals surface area contributed by atoms with E-state index in [0.29, 0.717) is 0 Å². The van der Waals surface area contributed by atoms with Crippen molar-refractivity contribution in [2.24, 2.45) is 22.9 Å². The Morgan fingerprint density at radius 1 is 1.05 bits per heavy atom. The van der Waals surface area contributed by atoms with Crippen LogP contribution in [0.5, 0.6) is 0 Å². The maximum atomic E-state index is 11.1. The molecular formula is C13H19BrN4O2. The fourth-order valence-corrected chi connectivity index (χ4v) is 2.66. The van der Waals surface area contributed by atoms with Gasteiger partial charge < -0.3 is 22.9 Å². The highest BCUT2D eigenvalue weighted by molar-refractivity contribution is 9.10. The third kappa shape index (κ3) is 4.92. The van der Waals surface area contributed by atoms with Gasteiger partial charge in [0, 0.05) is 35.3 Å². The van der Waals surface area contributed by atoms with Gasteiger partial charge in [-0.15, -0.1) is 0 Å². The quantitative estimate of drug-likeness (QED) is 0.551. The molecule has 2 amide bonds. The SMILES string of the molecule is NC(=O)CC(N)C(c1cccc(Br)c1)C(N)CC(N)=O. The molecule has 0 saturated heterocycles. The van der Waals surface area contributed by atoms with E-state index in [4.69, 9.17) is 22.9 Å². The normalized spacial score (nSPS) is 15.3. The van der Waals surface area contributed by atoms with Crippen LogP contribution in [0.3, 0.4) is 0 Å². The summed E-state index contributed by atoms with van der Waals surface area (Å²) in [6.45, 7) is 0. The fourth-order valence-electron chi connectivity index (χ4n) is 2.24. The number of amides is 2. The number of rotatable bonds is 7. The van der Waals surface area contributed by atoms with E-state index in [9.17, 15) is 9.59 Å². The van der Waals surface area contributed by atoms with Crippen LogP contribution in [0.4, 0.5) is 0 Å². The van der Waals surface area contributed by atoms with Gasteiger partial charge in [0.15, 0.2) is 0 Å². The van der Waals surface area contributed by atoms with Gasteiger partial charge in [0.05, 0.1) is 0 Å². The van der Waals surface area contributed by atoms with Crippen molar-refractivity contribution in [1.82, 2.24) is 0 Å². The second-order valence-corrected chi connectivity index (χ2v) is 5.67. The van der Waals surface area contributed by atoms with Crippen molar-refractivity contribution >= 4 is 27.7 Å². The lowest BCUT2D eigenvalue weighted by Gasteiger charge is -2.28. The molecule has 0 aromatic heterocycles. The van der Waals surface area contributed by atoms with Crippen LogP contribution in [-0.2, 0) is 9.59 Å². The molecule has 110 valence electrons. The lowest BCUT2D eigenvalue weighted by Crippen LogP contribution is -2.44. The molecule has 0 spiro atoms. The van der Waals surface area contributed by atoms with Gasteiger partial charge in [0.25, 0.3) is 0 Å². The van der Waals surface area contributed by atoms with Crippen molar-refractivity contribution in [3.63, 3.8) is 0 Å². The lowest BCUT2D eigenvalue weighted by molar-refractivity contribution is -0.118. The number of hydrogen-bond acceptors (Lipinski definition) is 4. The minimum absolute atomic E-state index is 0.0103. The molecule has 7 heteroatoms. The average Bonchev–Trinajstić information content (AvgIpc) is 2.26. The zero-order valence-corrected chi connectivity index (χ0v) is 12.5. The molecule has 0 heterocycles. The maximum absolute atomic E-state index is 11.1. The Kier molecular flexibility index (Phi) is 6.12. The summed E-state index contributed by atoms with van der Waals surface area (Å²) in [7, 11) is 0. The number of primary amides is 2. The van der Waals surface area contributed by atoms with E-state index in [1.54, 1.807) is 0 Å². The van der Waals surface area contributed by atoms with Crippen LogP contribution in [0, 0.1) is 0 Å². The van der Waals surface area contributed by atoms with Crippen LogP contribution >= 0.6 is 15.9 Å². The summed E-state index contributed by atoms with van der Waals surface area (Å²) in [5.41, 5.74) is 23.3. The number of carbonyl (C=O) groups excluding carboxylic acids is 2. The average molecular weight is 343 g/mol. The van der Waals surface area contributed by atoms with Crippen LogP contribution in [0.15, 0.2) is 28.7 Å². The standard InChI is InChI=1S/C13H19BrN4O2/c14-8-3-1-2-7(4-8)13(9(15)5-11(17)19)10(16)6-12(18)20/h1-4,9-10,13H,5-6,15-16H2,(H2,17,19)(H2,18,20). The molecule has 2 unspecified atom stereocenters. The van der Waals surface area contributed by atoms with Crippen molar-refractivity contribution in [1.29, 1.82) is 0 Å². The molecule has 1 aromatic carbocycles. The predicted octanol–water partition coefficient (Wildman–Crippen LogP) is -0.0619. The summed E-state index contributed by atoms with van der Waals surface area (Å²) in [5.74, 6) is -1.40. The Bertz CT molecular complexity index is 473. The molecule has 0 saturated carbocycles. The number of halogens is 1. The van der Waals surface area contributed by atoms with Gasteiger partial charge in [-0.05, 0) is 17.7 Å². The Morgan fingerprint density at radius 3 is 1.95 bits per heavy atom. The van der Waals surface area contributed by atoms with Crippen molar-refractivity contribution < 1.29 is 9.59 Å². The fraction of sp³-hybridized carbons (Fsp3) is 0.385. The molecule has 20 heavy (non-hydrogen) atoms. The van der Waals surface area contributed by atoms with Crippen molar-refractivity contribution in [2.75, 3.05) is 0 Å². The summed E-state index contributed by atoms with van der Waals surface area (Å²) in [6, 6.07) is 6.25. The molecule has 0 radical (unpaired) electrons. The molecule has 0 aliphatic heterocycles. The lowest BCUT2D eigenvalue weighted by atomic mass is 9.82. The first-order valence-electron chi connectivity index (χ1n) is 6.14. The van der Waals surface area contributed by atoms with Crippen LogP contribution in [0.25, 0.3) is 0 Å². The number of hydrogen-bond donors (Lipinski definition) is 4. The number of carbonyl (C=O) groups is 2. The molecule has 1 aromatic rings. The summed E-state index contributed by atoms with van der Waals surface area (Å²) in [4.78, 5) is 22.1. The van der Waals surface area contributed by atoms with Gasteiger partial charge in [-0.3, -0.25) is 9.59 Å². The zero-order valence-electron chi connectivity index (χ0n) is 11.0. The smallest absolute Gasteiger partial charge is 0.218 e. The minimum atomic E-state index is -0.573. The van der Waals surface area contributed by atoms with Crippen LogP contribution in [0.1, 0.15) is 24.3 Å². The molecule has 8 N–H and O–H groups in total. The van der Waals surface area contributed by atoms with E-state index >= 15 is 0 Å². The predicted molar refractivity (Wildman–Crippen MR) is 80.5 cm³/mol. The van der Waals surface area contributed by atoms with Gasteiger partial charge in [-0.2, -0.15) is 0 Å². The third-order valence-electron chi connectivity index (χ3n) is 3.03. The first-order valence-corrected chi connectivity index (χ1v) is 6.93. The molecular weight excluding hydrogens is 324 g/mol. The van der Waals surface area contributed by atoms with E-state index in [1.807, 2.05) is 24.3 Å². The molecule has 2 atom stereocenters. The monoisotopic (exact) mass is 342 g/mol. The Labute approximate surface area is 126 Å². The van der Waals surface area contributed by atoms with Crippen LogP contribution < -0.4 is 22.9 Å². The topological polar surface area (TPSA) is 138 Å². The second kappa shape index (κ2) is 7.37. The van der Waals surface area contributed by atoms with Gasteiger partial charge in [0.1, 0.15) is 0 Å². The zero-order chi connectivity index (χ0) is 15.3. The van der Waals surface area contributed by atoms with Gasteiger partial charge in [0.2, 0.25) is 11.8 Å². The second-order valence-electron chi connectivity index (χ2n) is 4.75. The van der Waals surface area contributed by atoms with Gasteiger partial charge in [-0.25, -0.2) is 0 Å². The molecule has 0 bridgehead atoms. The van der Waals surface area contributed by atoms with Crippen LogP contribution in [-0.4, -0.2) is 23.9 Å². The van der Waals surface area contributed by atoms with Crippen LogP contribution in [0.2, 0.25) is 0 Å². The van der Waals surface area contributed by atoms with Gasteiger partial charge >= 0.3 is 0 Å². The molecule has 6 nitrogen and oxygen atoms in total. The van der Waals surface area contributed by atoms with Gasteiger partial charge in [-0.1, -0.05) is 28.1 Å². The largest absolute Gasteiger partial charge is 0.370 e. The van der Waals surface area contributed by atoms with E-state index in [1.165, 1.54) is 0 Å². The molecule has 0 fully saturated rings. The molecule has 0 aliphatic rings. The van der Waals surface area contributed by atoms with E-state index < -0.39 is 23.9 Å². The summed E-state index contributed by atoms with van der Waals surface area (Å²) in [6.07, 6.45) is -0.0206. The molecule has 1 rings (SSSR count). The van der Waals surface area contributed by atoms with Crippen molar-refractivity contribution in [3.8, 4) is 0 Å². The van der Waals surface area contributed by atoms with E-state index in [0.717, 1.165) is 10.0 Å². The Balaban J connectivity index is 3.05. The van der Waals surface area contributed by atoms with Crippen molar-refractivity contribution in [2.45, 2.75) is 30.8 Å². The van der Waals surface area contributed by atoms with Crippen molar-refractivity contribution in [3.05, 3.63) is 34.3 Å². The first kappa shape index (κ1) is 16.6. The highest BCUT2D eigenvalue weighted by Crippen LogP contribution is 2.27. The maximum Gasteiger partial charge on any atom is 0.218 e. The summed E-state index contributed by atoms with van der Waals surface area (Å²) < 4.78 is 0.859. The van der Waals surface area contributed by atoms with E-state index in [-0.39, 0.29) is 18.8 Å². The first-order chi connectivity index (χ1) is 9.31. The minimum Gasteiger partial charge on any atom is -0.370 e. The summed E-state index contributed by atoms with van der Waals surface area (Å²) in [5, 5.41) is 0. The van der Waals surface area contributed by atoms with E-state index in [2.05, 4.69) is 15.9 Å². The highest BCUT2D eigenvalue weighted by Gasteiger charge is 2.28.